The number of thiol groups is 1. The number of hydrogen-bond donors (Lipinski definition) is 2. The van der Waals surface area contributed by atoms with Gasteiger partial charge in [0.25, 0.3) is 16.7 Å². The number of carbonyl (C=O) groups excluding carboxylic acids is 2. The number of ether oxygens (including phenoxy) is 1. The second-order valence-electron chi connectivity index (χ2n) is 6.73. The van der Waals surface area contributed by atoms with Gasteiger partial charge in [-0.1, -0.05) is 49.0 Å². The predicted molar refractivity (Wildman–Crippen MR) is 126 cm³/mol. The largest absolute Gasteiger partial charge is 0.464 e. The number of nitro groups is 1. The van der Waals surface area contributed by atoms with E-state index in [4.69, 9.17) is 13.8 Å². The van der Waals surface area contributed by atoms with Crippen LogP contribution in [0.2, 0.25) is 0 Å². The molecule has 3 aromatic rings. The molecule has 10 nitrogen and oxygen atoms in total. The fraction of sp³-hybridized carbons (Fsp3) is 0.0909. The summed E-state index contributed by atoms with van der Waals surface area (Å²) in [4.78, 5) is 34.9. The van der Waals surface area contributed by atoms with Crippen LogP contribution in [0.3, 0.4) is 0 Å². The van der Waals surface area contributed by atoms with Gasteiger partial charge in [0.15, 0.2) is 0 Å². The van der Waals surface area contributed by atoms with Crippen LogP contribution < -0.4 is 14.4 Å². The molecule has 0 spiro atoms. The Hall–Kier alpha value is -3.82. The molecule has 3 aromatic carbocycles. The van der Waals surface area contributed by atoms with Crippen LogP contribution in [0.25, 0.3) is 0 Å². The smallest absolute Gasteiger partial charge is 0.459 e. The molecule has 0 bridgehead atoms. The lowest BCUT2D eigenvalue weighted by Gasteiger charge is -2.26. The summed E-state index contributed by atoms with van der Waals surface area (Å²) in [6.07, 6.45) is 0. The fourth-order valence-electron chi connectivity index (χ4n) is 2.71. The van der Waals surface area contributed by atoms with E-state index in [-0.39, 0.29) is 23.8 Å². The van der Waals surface area contributed by atoms with Gasteiger partial charge in [0, 0.05) is 12.1 Å². The van der Waals surface area contributed by atoms with Crippen molar-refractivity contribution in [2.24, 2.45) is 0 Å². The maximum absolute atomic E-state index is 13.9. The summed E-state index contributed by atoms with van der Waals surface area (Å²) < 4.78 is 30.3. The average molecular weight is 502 g/mol. The van der Waals surface area contributed by atoms with Crippen LogP contribution in [-0.2, 0) is 20.7 Å². The molecule has 12 heteroatoms. The summed E-state index contributed by atoms with van der Waals surface area (Å²) in [5, 5.41) is 12.0. The molecule has 0 aromatic heterocycles. The van der Waals surface area contributed by atoms with Crippen molar-refractivity contribution in [3.8, 4) is 11.5 Å². The lowest BCUT2D eigenvalue weighted by molar-refractivity contribution is -0.384. The van der Waals surface area contributed by atoms with E-state index >= 15 is 0 Å². The van der Waals surface area contributed by atoms with Crippen molar-refractivity contribution in [2.75, 3.05) is 0 Å². The molecule has 3 rings (SSSR count). The van der Waals surface area contributed by atoms with Crippen molar-refractivity contribution < 1.29 is 32.9 Å². The third-order valence-corrected chi connectivity index (χ3v) is 6.31. The van der Waals surface area contributed by atoms with Crippen LogP contribution in [0.1, 0.15) is 5.56 Å². The monoisotopic (exact) mass is 502 g/mol. The number of nitrogens with zero attached hydrogens (tertiary/aromatic N) is 1. The van der Waals surface area contributed by atoms with Gasteiger partial charge in [-0.2, -0.15) is 0 Å². The standard InChI is InChI=1S/C22H19N2O8PS/c25-21(30-15-16-11-13-17(14-12-16)24(27)28)20(23-22(26)34)33(29,31-18-7-3-1-4-8-18)32-19-9-5-2-6-10-19/h1-14,20H,15H2,(H2,23,26,34). The van der Waals surface area contributed by atoms with E-state index in [1.165, 1.54) is 48.5 Å². The fourth-order valence-corrected chi connectivity index (χ4v) is 4.63. The molecule has 0 saturated carbocycles. The van der Waals surface area contributed by atoms with Crippen molar-refractivity contribution in [2.45, 2.75) is 12.4 Å². The van der Waals surface area contributed by atoms with Crippen LogP contribution in [0.15, 0.2) is 84.9 Å². The topological polar surface area (TPSA) is 134 Å². The first kappa shape index (κ1) is 24.8. The summed E-state index contributed by atoms with van der Waals surface area (Å²) in [6.45, 7) is -0.313. The lowest BCUT2D eigenvalue weighted by atomic mass is 10.2. The molecule has 0 aliphatic rings. The van der Waals surface area contributed by atoms with Gasteiger partial charge < -0.3 is 19.1 Å². The Morgan fingerprint density at radius 2 is 1.41 bits per heavy atom. The highest BCUT2D eigenvalue weighted by Crippen LogP contribution is 2.52. The Labute approximate surface area is 199 Å². The molecule has 34 heavy (non-hydrogen) atoms. The van der Waals surface area contributed by atoms with Crippen LogP contribution in [-0.4, -0.2) is 21.9 Å². The van der Waals surface area contributed by atoms with Gasteiger partial charge >= 0.3 is 13.6 Å². The number of benzene rings is 3. The Kier molecular flexibility index (Phi) is 8.29. The van der Waals surface area contributed by atoms with Gasteiger partial charge in [-0.05, 0) is 42.0 Å². The average Bonchev–Trinajstić information content (AvgIpc) is 2.82. The number of para-hydroxylation sites is 2. The third kappa shape index (κ3) is 6.84. The molecule has 1 N–H and O–H groups in total. The number of nitrogens with one attached hydrogen (secondary N) is 1. The zero-order valence-corrected chi connectivity index (χ0v) is 19.3. The van der Waals surface area contributed by atoms with Gasteiger partial charge in [-0.3, -0.25) is 14.9 Å². The highest BCUT2D eigenvalue weighted by molar-refractivity contribution is 7.96. The van der Waals surface area contributed by atoms with Crippen molar-refractivity contribution >= 4 is 37.1 Å². The molecule has 1 unspecified atom stereocenters. The minimum absolute atomic E-state index is 0.128. The number of hydrogen-bond acceptors (Lipinski definition) is 8. The van der Waals surface area contributed by atoms with Gasteiger partial charge in [-0.15, -0.1) is 0 Å². The van der Waals surface area contributed by atoms with Gasteiger partial charge in [0.1, 0.15) is 18.1 Å². The third-order valence-electron chi connectivity index (χ3n) is 4.28. The Bertz CT molecular complexity index is 1150. The van der Waals surface area contributed by atoms with E-state index in [1.54, 1.807) is 36.4 Å². The Morgan fingerprint density at radius 1 is 0.912 bits per heavy atom. The SMILES string of the molecule is O=C(S)NC(C(=O)OCc1ccc([N+](=O)[O-])cc1)P(=O)(Oc1ccccc1)Oc1ccccc1. The number of amides is 1. The Morgan fingerprint density at radius 3 is 1.85 bits per heavy atom. The zero-order chi connectivity index (χ0) is 24.6. The lowest BCUT2D eigenvalue weighted by Crippen LogP contribution is -2.41. The molecule has 1 amide bonds. The summed E-state index contributed by atoms with van der Waals surface area (Å²) in [6, 6.07) is 21.2. The molecular weight excluding hydrogens is 483 g/mol. The first-order valence-electron chi connectivity index (χ1n) is 9.75. The Balaban J connectivity index is 1.87. The molecule has 0 heterocycles. The van der Waals surface area contributed by atoms with Gasteiger partial charge in [0.2, 0.25) is 0 Å². The van der Waals surface area contributed by atoms with Gasteiger partial charge in [-0.25, -0.2) is 9.36 Å². The highest BCUT2D eigenvalue weighted by atomic mass is 32.1. The minimum Gasteiger partial charge on any atom is -0.459 e. The second-order valence-corrected chi connectivity index (χ2v) is 9.10. The second kappa shape index (κ2) is 11.4. The summed E-state index contributed by atoms with van der Waals surface area (Å²) >= 11 is 3.63. The normalized spacial score (nSPS) is 11.7. The number of esters is 1. The van der Waals surface area contributed by atoms with Crippen LogP contribution in [0.4, 0.5) is 10.5 Å². The highest BCUT2D eigenvalue weighted by Gasteiger charge is 2.47. The van der Waals surface area contributed by atoms with E-state index in [2.05, 4.69) is 17.9 Å². The minimum atomic E-state index is -4.47. The van der Waals surface area contributed by atoms with E-state index in [0.29, 0.717) is 5.56 Å². The molecule has 0 aliphatic carbocycles. The maximum Gasteiger partial charge on any atom is 0.464 e. The van der Waals surface area contributed by atoms with Crippen LogP contribution in [0.5, 0.6) is 11.5 Å². The maximum atomic E-state index is 13.9. The van der Waals surface area contributed by atoms with E-state index in [1.807, 2.05) is 0 Å². The summed E-state index contributed by atoms with van der Waals surface area (Å²) in [7, 11) is -4.47. The van der Waals surface area contributed by atoms with Crippen molar-refractivity contribution in [1.29, 1.82) is 0 Å². The number of carbonyl (C=O) groups is 2. The molecule has 0 radical (unpaired) electrons. The van der Waals surface area contributed by atoms with E-state index in [0.717, 1.165) is 0 Å². The summed E-state index contributed by atoms with van der Waals surface area (Å²) in [5.41, 5.74) is 0.296. The summed E-state index contributed by atoms with van der Waals surface area (Å²) in [5.74, 6) is -2.72. The van der Waals surface area contributed by atoms with E-state index < -0.39 is 29.5 Å². The first-order chi connectivity index (χ1) is 16.3. The molecular formula is C22H19N2O8PS. The predicted octanol–water partition coefficient (Wildman–Crippen LogP) is 4.95. The number of nitro benzene ring substituents is 1. The van der Waals surface area contributed by atoms with Crippen molar-refractivity contribution in [1.82, 2.24) is 5.32 Å². The van der Waals surface area contributed by atoms with Crippen LogP contribution >= 0.6 is 20.2 Å². The van der Waals surface area contributed by atoms with E-state index in [9.17, 15) is 24.3 Å². The number of rotatable bonds is 10. The van der Waals surface area contributed by atoms with Crippen molar-refractivity contribution in [3.63, 3.8) is 0 Å². The molecule has 0 fully saturated rings. The zero-order valence-electron chi connectivity index (χ0n) is 17.5. The first-order valence-corrected chi connectivity index (χ1v) is 11.8. The van der Waals surface area contributed by atoms with Crippen LogP contribution in [0, 0.1) is 10.1 Å². The number of non-ortho nitro benzene ring substituents is 1. The molecule has 0 saturated heterocycles. The molecule has 176 valence electrons. The molecule has 0 aliphatic heterocycles. The molecule has 1 atom stereocenters. The van der Waals surface area contributed by atoms with Gasteiger partial charge in [0.05, 0.1) is 4.92 Å². The quantitative estimate of drug-likeness (QED) is 0.131. The van der Waals surface area contributed by atoms with Crippen molar-refractivity contribution in [3.05, 3.63) is 101 Å².